The Labute approximate surface area is 192 Å². The summed E-state index contributed by atoms with van der Waals surface area (Å²) in [5.74, 6) is 6.25. The molecule has 0 radical (unpaired) electrons. The van der Waals surface area contributed by atoms with Crippen molar-refractivity contribution >= 4 is 29.1 Å². The van der Waals surface area contributed by atoms with Crippen LogP contribution >= 0.6 is 0 Å². The molecule has 3 aromatic rings. The summed E-state index contributed by atoms with van der Waals surface area (Å²) < 4.78 is 0. The van der Waals surface area contributed by atoms with Gasteiger partial charge >= 0.3 is 0 Å². The number of carbonyl (C=O) groups excluding carboxylic acids is 1. The van der Waals surface area contributed by atoms with Gasteiger partial charge in [0, 0.05) is 37.7 Å². The van der Waals surface area contributed by atoms with E-state index in [0.717, 1.165) is 5.56 Å². The normalized spacial score (nSPS) is 12.1. The molecule has 0 aliphatic rings. The van der Waals surface area contributed by atoms with Gasteiger partial charge < -0.3 is 31.8 Å². The van der Waals surface area contributed by atoms with E-state index in [1.807, 2.05) is 30.3 Å². The molecule has 10 nitrogen and oxygen atoms in total. The van der Waals surface area contributed by atoms with Gasteiger partial charge in [-0.2, -0.15) is 4.98 Å². The molecule has 1 unspecified atom stereocenters. The molecule has 0 spiro atoms. The molecule has 0 aliphatic heterocycles. The van der Waals surface area contributed by atoms with Crippen molar-refractivity contribution in [1.29, 1.82) is 0 Å². The predicted octanol–water partition coefficient (Wildman–Crippen LogP) is 1.79. The molecule has 172 valence electrons. The van der Waals surface area contributed by atoms with E-state index in [-0.39, 0.29) is 12.5 Å². The van der Waals surface area contributed by atoms with E-state index >= 15 is 0 Å². The summed E-state index contributed by atoms with van der Waals surface area (Å²) in [7, 11) is 3.40. The maximum Gasteiger partial charge on any atom is 0.253 e. The van der Waals surface area contributed by atoms with Gasteiger partial charge in [-0.25, -0.2) is 4.98 Å². The van der Waals surface area contributed by atoms with E-state index in [0.29, 0.717) is 34.3 Å². The van der Waals surface area contributed by atoms with Gasteiger partial charge in [0.05, 0.1) is 23.9 Å². The number of nitrogens with two attached hydrogens (primary N) is 2. The third-order valence-electron chi connectivity index (χ3n) is 4.89. The Morgan fingerprint density at radius 3 is 2.42 bits per heavy atom. The van der Waals surface area contributed by atoms with Crippen molar-refractivity contribution < 1.29 is 9.90 Å². The van der Waals surface area contributed by atoms with Crippen molar-refractivity contribution in [3.05, 3.63) is 83.7 Å². The fourth-order valence-corrected chi connectivity index (χ4v) is 3.13. The van der Waals surface area contributed by atoms with E-state index in [1.54, 1.807) is 44.6 Å². The van der Waals surface area contributed by atoms with Crippen LogP contribution in [0.2, 0.25) is 0 Å². The fraction of sp³-hybridized carbons (Fsp3) is 0.174. The van der Waals surface area contributed by atoms with Gasteiger partial charge in [-0.15, -0.1) is 0 Å². The lowest BCUT2D eigenvalue weighted by Crippen LogP contribution is -2.24. The topological polar surface area (TPSA) is 154 Å². The van der Waals surface area contributed by atoms with Crippen LogP contribution in [0.3, 0.4) is 0 Å². The molecular formula is C23H28N8O2. The number of amides is 1. The van der Waals surface area contributed by atoms with Crippen LogP contribution < -0.4 is 27.6 Å². The number of nitrogens with zero attached hydrogens (tertiary/aromatic N) is 3. The van der Waals surface area contributed by atoms with E-state index in [9.17, 15) is 9.90 Å². The number of rotatable bonds is 9. The summed E-state index contributed by atoms with van der Waals surface area (Å²) in [6.07, 6.45) is 2.88. The van der Waals surface area contributed by atoms with Crippen molar-refractivity contribution in [2.24, 2.45) is 11.6 Å². The zero-order valence-electron chi connectivity index (χ0n) is 18.5. The quantitative estimate of drug-likeness (QED) is 0.212. The molecule has 0 saturated heterocycles. The Kier molecular flexibility index (Phi) is 7.79. The molecule has 0 fully saturated rings. The van der Waals surface area contributed by atoms with Crippen LogP contribution in [-0.4, -0.2) is 46.6 Å². The highest BCUT2D eigenvalue weighted by Crippen LogP contribution is 2.26. The average Bonchev–Trinajstić information content (AvgIpc) is 2.84. The molecule has 33 heavy (non-hydrogen) atoms. The molecule has 0 saturated carbocycles. The number of hydrazine groups is 1. The van der Waals surface area contributed by atoms with Crippen LogP contribution in [-0.2, 0) is 0 Å². The summed E-state index contributed by atoms with van der Waals surface area (Å²) in [6, 6.07) is 16.1. The Morgan fingerprint density at radius 1 is 1.15 bits per heavy atom. The van der Waals surface area contributed by atoms with Gasteiger partial charge in [0.15, 0.2) is 0 Å². The molecule has 0 aliphatic carbocycles. The van der Waals surface area contributed by atoms with Gasteiger partial charge in [0.2, 0.25) is 5.95 Å². The highest BCUT2D eigenvalue weighted by molar-refractivity contribution is 5.94. The number of aliphatic hydroxyl groups is 1. The minimum Gasteiger partial charge on any atom is -0.403 e. The van der Waals surface area contributed by atoms with Crippen molar-refractivity contribution in [1.82, 2.24) is 20.3 Å². The van der Waals surface area contributed by atoms with Gasteiger partial charge in [0.25, 0.3) is 5.91 Å². The Morgan fingerprint density at radius 2 is 1.85 bits per heavy atom. The first-order chi connectivity index (χ1) is 16.0. The number of hydrogen-bond acceptors (Lipinski definition) is 9. The number of aromatic nitrogens is 2. The van der Waals surface area contributed by atoms with Crippen LogP contribution in [0.25, 0.3) is 5.70 Å². The largest absolute Gasteiger partial charge is 0.403 e. The van der Waals surface area contributed by atoms with Crippen molar-refractivity contribution in [2.45, 2.75) is 6.04 Å². The lowest BCUT2D eigenvalue weighted by Gasteiger charge is -2.21. The van der Waals surface area contributed by atoms with E-state index in [2.05, 4.69) is 26.0 Å². The van der Waals surface area contributed by atoms with Crippen LogP contribution in [0.15, 0.2) is 67.0 Å². The van der Waals surface area contributed by atoms with Crippen LogP contribution in [0.5, 0.6) is 0 Å². The smallest absolute Gasteiger partial charge is 0.253 e. The Bertz CT molecular complexity index is 1100. The van der Waals surface area contributed by atoms with E-state index in [1.165, 1.54) is 11.1 Å². The van der Waals surface area contributed by atoms with Gasteiger partial charge in [0.1, 0.15) is 5.82 Å². The molecule has 10 heteroatoms. The highest BCUT2D eigenvalue weighted by atomic mass is 16.3. The molecule has 1 heterocycles. The Hall–Kier alpha value is -4.15. The van der Waals surface area contributed by atoms with E-state index < -0.39 is 6.04 Å². The van der Waals surface area contributed by atoms with Gasteiger partial charge in [-0.3, -0.25) is 10.6 Å². The maximum absolute atomic E-state index is 12.1. The number of nitrogens with one attached hydrogen (secondary N) is 3. The van der Waals surface area contributed by atoms with Crippen molar-refractivity contribution in [3.8, 4) is 0 Å². The third-order valence-corrected chi connectivity index (χ3v) is 4.89. The summed E-state index contributed by atoms with van der Waals surface area (Å²) in [5.41, 5.74) is 11.3. The third kappa shape index (κ3) is 5.76. The van der Waals surface area contributed by atoms with Crippen LogP contribution in [0.1, 0.15) is 27.5 Å². The lowest BCUT2D eigenvalue weighted by molar-refractivity contribution is 0.0827. The minimum atomic E-state index is -0.416. The first kappa shape index (κ1) is 23.5. The molecule has 2 aromatic carbocycles. The molecule has 3 rings (SSSR count). The second kappa shape index (κ2) is 10.9. The standard InChI is InChI=1S/C23H28N8O2/c1-31(2)22(33)16-8-10-17(11-9-16)27-23-26-13-18(19(12-24)30-25)21(29-23)28-20(14-32)15-6-4-3-5-7-15/h3-13,20,30,32H,14,24-25H2,1-2H3,(H2,26,27,28,29)/b19-12-. The number of hydrogen-bond donors (Lipinski definition) is 6. The average molecular weight is 449 g/mol. The molecule has 1 amide bonds. The number of anilines is 3. The molecule has 0 bridgehead atoms. The molecule has 1 atom stereocenters. The first-order valence-electron chi connectivity index (χ1n) is 10.2. The lowest BCUT2D eigenvalue weighted by atomic mass is 10.1. The zero-order valence-corrected chi connectivity index (χ0v) is 18.5. The monoisotopic (exact) mass is 448 g/mol. The molecule has 1 aromatic heterocycles. The minimum absolute atomic E-state index is 0.0833. The second-order valence-corrected chi connectivity index (χ2v) is 7.37. The van der Waals surface area contributed by atoms with Crippen molar-refractivity contribution in [3.63, 3.8) is 0 Å². The Balaban J connectivity index is 1.90. The van der Waals surface area contributed by atoms with E-state index in [4.69, 9.17) is 11.6 Å². The summed E-state index contributed by atoms with van der Waals surface area (Å²) >= 11 is 0. The summed E-state index contributed by atoms with van der Waals surface area (Å²) in [6.45, 7) is -0.157. The van der Waals surface area contributed by atoms with Gasteiger partial charge in [-0.1, -0.05) is 30.3 Å². The second-order valence-electron chi connectivity index (χ2n) is 7.37. The first-order valence-corrected chi connectivity index (χ1v) is 10.2. The molecule has 8 N–H and O–H groups in total. The summed E-state index contributed by atoms with van der Waals surface area (Å²) in [4.78, 5) is 22.5. The predicted molar refractivity (Wildman–Crippen MR) is 129 cm³/mol. The van der Waals surface area contributed by atoms with Crippen LogP contribution in [0, 0.1) is 0 Å². The number of aliphatic hydroxyl groups excluding tert-OH is 1. The van der Waals surface area contributed by atoms with Crippen LogP contribution in [0.4, 0.5) is 17.5 Å². The number of benzene rings is 2. The summed E-state index contributed by atoms with van der Waals surface area (Å²) in [5, 5.41) is 16.3. The fourth-order valence-electron chi connectivity index (χ4n) is 3.13. The highest BCUT2D eigenvalue weighted by Gasteiger charge is 2.17. The molecular weight excluding hydrogens is 420 g/mol. The SMILES string of the molecule is CN(C)C(=O)c1ccc(Nc2ncc(/C(=C/N)NN)c(NC(CO)c3ccccc3)n2)cc1. The number of carbonyl (C=O) groups is 1. The zero-order chi connectivity index (χ0) is 23.8. The van der Waals surface area contributed by atoms with Gasteiger partial charge in [-0.05, 0) is 29.8 Å². The van der Waals surface area contributed by atoms with Crippen molar-refractivity contribution in [2.75, 3.05) is 31.3 Å². The maximum atomic E-state index is 12.1.